The Balaban J connectivity index is 1.83. The van der Waals surface area contributed by atoms with Crippen LogP contribution in [0.3, 0.4) is 0 Å². The highest BCUT2D eigenvalue weighted by atomic mass is 35.5. The van der Waals surface area contributed by atoms with E-state index in [9.17, 15) is 33.9 Å². The molecule has 3 rings (SSSR count). The fourth-order valence-electron chi connectivity index (χ4n) is 3.94. The van der Waals surface area contributed by atoms with Gasteiger partial charge in [0, 0.05) is 18.5 Å². The van der Waals surface area contributed by atoms with Crippen LogP contribution in [0.2, 0.25) is 10.0 Å². The minimum Gasteiger partial charge on any atom is -0.505 e. The van der Waals surface area contributed by atoms with Crippen LogP contribution < -0.4 is 10.6 Å². The average Bonchev–Trinajstić information content (AvgIpc) is 2.93. The van der Waals surface area contributed by atoms with E-state index >= 15 is 0 Å². The van der Waals surface area contributed by atoms with Crippen molar-refractivity contribution in [3.8, 4) is 5.75 Å². The summed E-state index contributed by atoms with van der Waals surface area (Å²) < 4.78 is 0. The summed E-state index contributed by atoms with van der Waals surface area (Å²) in [5.74, 6) is -4.39. The van der Waals surface area contributed by atoms with Crippen LogP contribution in [0.4, 0.5) is 0 Å². The van der Waals surface area contributed by atoms with Gasteiger partial charge in [0.25, 0.3) is 11.8 Å². The van der Waals surface area contributed by atoms with E-state index in [2.05, 4.69) is 10.6 Å². The van der Waals surface area contributed by atoms with Crippen LogP contribution in [0, 0.1) is 0 Å². The molecule has 0 spiro atoms. The Hall–Kier alpha value is -3.38. The molecule has 188 valence electrons. The number of carboxylic acids is 1. The van der Waals surface area contributed by atoms with Crippen molar-refractivity contribution >= 4 is 59.1 Å². The van der Waals surface area contributed by atoms with Crippen molar-refractivity contribution in [2.24, 2.45) is 0 Å². The minimum absolute atomic E-state index is 0.0338. The highest BCUT2D eigenvalue weighted by Crippen LogP contribution is 2.33. The molecular formula is C21H22Cl2N4O8. The lowest BCUT2D eigenvalue weighted by atomic mass is 10.0. The number of carbonyl (C=O) groups excluding carboxylic acids is 5. The molecule has 2 aliphatic rings. The quantitative estimate of drug-likeness (QED) is 0.369. The number of nitrogens with zero attached hydrogens (tertiary/aromatic N) is 2. The minimum atomic E-state index is -1.31. The maximum absolute atomic E-state index is 13.4. The van der Waals surface area contributed by atoms with Gasteiger partial charge in [-0.25, -0.2) is 5.01 Å². The number of aliphatic carboxylic acids is 1. The molecule has 0 radical (unpaired) electrons. The van der Waals surface area contributed by atoms with Crippen molar-refractivity contribution in [1.29, 1.82) is 0 Å². The number of fused-ring (bicyclic) bond motifs is 1. The number of aromatic hydroxyl groups is 1. The Bertz CT molecular complexity index is 1060. The van der Waals surface area contributed by atoms with Gasteiger partial charge in [0.15, 0.2) is 5.75 Å². The van der Waals surface area contributed by atoms with Gasteiger partial charge in [-0.1, -0.05) is 23.2 Å². The first kappa shape index (κ1) is 26.2. The average molecular weight is 529 g/mol. The number of phenolic OH excluding ortho intramolecular Hbond substituents is 1. The maximum atomic E-state index is 13.4. The molecule has 35 heavy (non-hydrogen) atoms. The predicted molar refractivity (Wildman–Crippen MR) is 120 cm³/mol. The predicted octanol–water partition coefficient (Wildman–Crippen LogP) is 0.484. The van der Waals surface area contributed by atoms with Crippen molar-refractivity contribution in [2.45, 2.75) is 50.2 Å². The number of nitrogens with one attached hydrogen (secondary N) is 2. The summed E-state index contributed by atoms with van der Waals surface area (Å²) in [7, 11) is 0. The van der Waals surface area contributed by atoms with Gasteiger partial charge in [0.2, 0.25) is 11.8 Å². The Morgan fingerprint density at radius 2 is 1.83 bits per heavy atom. The normalized spacial score (nSPS) is 21.0. The molecule has 0 saturated carbocycles. The lowest BCUT2D eigenvalue weighted by molar-refractivity contribution is -0.176. The first-order valence-electron chi connectivity index (χ1n) is 10.6. The third-order valence-corrected chi connectivity index (χ3v) is 6.21. The van der Waals surface area contributed by atoms with Crippen LogP contribution in [0.15, 0.2) is 12.1 Å². The molecular weight excluding hydrogens is 507 g/mol. The number of rotatable bonds is 7. The molecule has 2 heterocycles. The molecule has 3 unspecified atom stereocenters. The number of hydrazine groups is 1. The first-order chi connectivity index (χ1) is 16.5. The highest BCUT2D eigenvalue weighted by molar-refractivity contribution is 6.37. The maximum Gasteiger partial charge on any atom is 0.305 e. The van der Waals surface area contributed by atoms with Crippen molar-refractivity contribution in [1.82, 2.24) is 20.7 Å². The van der Waals surface area contributed by atoms with Crippen molar-refractivity contribution in [2.75, 3.05) is 6.54 Å². The Labute approximate surface area is 209 Å². The Morgan fingerprint density at radius 1 is 1.17 bits per heavy atom. The van der Waals surface area contributed by atoms with E-state index in [1.807, 2.05) is 0 Å². The van der Waals surface area contributed by atoms with Gasteiger partial charge < -0.3 is 25.6 Å². The zero-order valence-corrected chi connectivity index (χ0v) is 19.7. The lowest BCUT2D eigenvalue weighted by Crippen LogP contribution is -2.64. The van der Waals surface area contributed by atoms with Gasteiger partial charge >= 0.3 is 5.97 Å². The van der Waals surface area contributed by atoms with E-state index in [-0.39, 0.29) is 47.7 Å². The van der Waals surface area contributed by atoms with Gasteiger partial charge in [-0.15, -0.1) is 0 Å². The SMILES string of the molecule is O=CC(CC(=O)O)NC(=O)C1CCCN2C(=O)CCC(NC(=O)c3cc(Cl)c(O)c(Cl)c3)C(=O)N12. The third kappa shape index (κ3) is 5.82. The van der Waals surface area contributed by atoms with Gasteiger partial charge in [0.1, 0.15) is 18.4 Å². The number of benzene rings is 1. The summed E-state index contributed by atoms with van der Waals surface area (Å²) in [6.07, 6.45) is 0.0481. The molecule has 2 saturated heterocycles. The summed E-state index contributed by atoms with van der Waals surface area (Å²) in [4.78, 5) is 73.9. The summed E-state index contributed by atoms with van der Waals surface area (Å²) in [5, 5.41) is 25.2. The fourth-order valence-corrected chi connectivity index (χ4v) is 4.43. The highest BCUT2D eigenvalue weighted by Gasteiger charge is 2.45. The number of halogens is 2. The lowest BCUT2D eigenvalue weighted by Gasteiger charge is -2.43. The fraction of sp³-hybridized carbons (Fsp3) is 0.429. The molecule has 1 aromatic rings. The van der Waals surface area contributed by atoms with Gasteiger partial charge in [-0.2, -0.15) is 0 Å². The van der Waals surface area contributed by atoms with Gasteiger partial charge in [-0.3, -0.25) is 29.0 Å². The molecule has 3 atom stereocenters. The van der Waals surface area contributed by atoms with E-state index in [0.29, 0.717) is 6.42 Å². The van der Waals surface area contributed by atoms with Crippen molar-refractivity contribution < 1.29 is 39.0 Å². The number of hydrogen-bond acceptors (Lipinski definition) is 7. The molecule has 2 aliphatic heterocycles. The number of aldehydes is 1. The second-order valence-corrected chi connectivity index (χ2v) is 8.87. The van der Waals surface area contributed by atoms with Gasteiger partial charge in [-0.05, 0) is 31.4 Å². The zero-order valence-electron chi connectivity index (χ0n) is 18.2. The third-order valence-electron chi connectivity index (χ3n) is 5.63. The van der Waals surface area contributed by atoms with Crippen LogP contribution >= 0.6 is 23.2 Å². The van der Waals surface area contributed by atoms with Crippen molar-refractivity contribution in [3.05, 3.63) is 27.7 Å². The van der Waals surface area contributed by atoms with E-state index < -0.39 is 59.9 Å². The van der Waals surface area contributed by atoms with Crippen LogP contribution in [0.25, 0.3) is 0 Å². The number of phenols is 1. The zero-order chi connectivity index (χ0) is 25.9. The van der Waals surface area contributed by atoms with Crippen LogP contribution in [-0.2, 0) is 24.0 Å². The number of hydrogen-bond donors (Lipinski definition) is 4. The molecule has 12 nitrogen and oxygen atoms in total. The van der Waals surface area contributed by atoms with Crippen LogP contribution in [-0.4, -0.2) is 80.8 Å². The summed E-state index contributed by atoms with van der Waals surface area (Å²) >= 11 is 11.7. The second-order valence-electron chi connectivity index (χ2n) is 8.06. The van der Waals surface area contributed by atoms with E-state index in [1.165, 1.54) is 0 Å². The Kier molecular flexibility index (Phi) is 8.18. The number of carboxylic acid groups (broad SMARTS) is 1. The molecule has 0 bridgehead atoms. The van der Waals surface area contributed by atoms with Crippen molar-refractivity contribution in [3.63, 3.8) is 0 Å². The summed E-state index contributed by atoms with van der Waals surface area (Å²) in [6, 6.07) is -1.36. The summed E-state index contributed by atoms with van der Waals surface area (Å²) in [5.41, 5.74) is -0.0338. The summed E-state index contributed by atoms with van der Waals surface area (Å²) in [6.45, 7) is 0.171. The van der Waals surface area contributed by atoms with E-state index in [4.69, 9.17) is 28.3 Å². The monoisotopic (exact) mass is 528 g/mol. The van der Waals surface area contributed by atoms with E-state index in [1.54, 1.807) is 0 Å². The van der Waals surface area contributed by atoms with Crippen LogP contribution in [0.5, 0.6) is 5.75 Å². The van der Waals surface area contributed by atoms with Gasteiger partial charge in [0.05, 0.1) is 22.5 Å². The first-order valence-corrected chi connectivity index (χ1v) is 11.4. The standard InChI is InChI=1S/C21H22Cl2N4O8/c22-12-6-10(7-13(23)18(12)32)19(33)25-14-3-4-16(29)26-5-1-2-15(27(26)21(14)35)20(34)24-11(9-28)8-17(30)31/h6-7,9,11,14-15,32H,1-5,8H2,(H,24,34)(H,25,33)(H,30,31). The largest absolute Gasteiger partial charge is 0.505 e. The second kappa shape index (κ2) is 10.9. The molecule has 4 N–H and O–H groups in total. The van der Waals surface area contributed by atoms with Crippen LogP contribution in [0.1, 0.15) is 42.5 Å². The molecule has 0 aliphatic carbocycles. The molecule has 0 aromatic heterocycles. The van der Waals surface area contributed by atoms with E-state index in [0.717, 1.165) is 22.2 Å². The smallest absolute Gasteiger partial charge is 0.305 e. The Morgan fingerprint density at radius 3 is 2.43 bits per heavy atom. The molecule has 2 fully saturated rings. The topological polar surface area (TPSA) is 173 Å². The molecule has 14 heteroatoms. The number of amides is 4. The molecule has 1 aromatic carbocycles. The molecule has 4 amide bonds. The number of carbonyl (C=O) groups is 6.